The number of aromatic nitrogens is 1. The highest BCUT2D eigenvalue weighted by Gasteiger charge is 2.36. The smallest absolute Gasteiger partial charge is 0.0830 e. The maximum Gasteiger partial charge on any atom is 0.0830 e. The van der Waals surface area contributed by atoms with Gasteiger partial charge in [0.15, 0.2) is 0 Å². The second kappa shape index (κ2) is 2.99. The van der Waals surface area contributed by atoms with E-state index in [1.807, 2.05) is 25.5 Å². The minimum atomic E-state index is -0.0525. The van der Waals surface area contributed by atoms with Crippen molar-refractivity contribution in [2.75, 3.05) is 23.9 Å². The van der Waals surface area contributed by atoms with Gasteiger partial charge in [0.2, 0.25) is 0 Å². The van der Waals surface area contributed by atoms with Crippen molar-refractivity contribution in [1.29, 1.82) is 0 Å². The lowest BCUT2D eigenvalue weighted by atomic mass is 9.94. The van der Waals surface area contributed by atoms with Crippen LogP contribution in [0.4, 0.5) is 11.4 Å². The monoisotopic (exact) mass is 203 g/mol. The molecule has 0 fully saturated rings. The highest BCUT2D eigenvalue weighted by molar-refractivity contribution is 5.77. The van der Waals surface area contributed by atoms with Crippen LogP contribution < -0.4 is 9.80 Å². The zero-order valence-electron chi connectivity index (χ0n) is 9.78. The van der Waals surface area contributed by atoms with Crippen molar-refractivity contribution in [3.8, 4) is 0 Å². The largest absolute Gasteiger partial charge is 0.362 e. The molecule has 2 rings (SSSR count). The molecule has 0 amide bonds. The van der Waals surface area contributed by atoms with E-state index >= 15 is 0 Å². The Morgan fingerprint density at radius 1 is 1.27 bits per heavy atom. The lowest BCUT2D eigenvalue weighted by molar-refractivity contribution is 0.541. The first kappa shape index (κ1) is 10.0. The molecule has 1 aromatic rings. The van der Waals surface area contributed by atoms with Gasteiger partial charge in [-0.15, -0.1) is 0 Å². The standard InChI is InChI=1S/C12H17N3/c1-9-12(2,3)15(5)10-6-7-13-8-11(10)14(9)4/h6-8H,1H2,2-5H3. The molecule has 15 heavy (non-hydrogen) atoms. The van der Waals surface area contributed by atoms with Gasteiger partial charge >= 0.3 is 0 Å². The van der Waals surface area contributed by atoms with Crippen molar-refractivity contribution in [2.45, 2.75) is 19.4 Å². The molecule has 0 N–H and O–H groups in total. The minimum Gasteiger partial charge on any atom is -0.362 e. The van der Waals surface area contributed by atoms with Crippen LogP contribution in [0.3, 0.4) is 0 Å². The third kappa shape index (κ3) is 1.23. The summed E-state index contributed by atoms with van der Waals surface area (Å²) in [7, 11) is 4.13. The lowest BCUT2D eigenvalue weighted by Gasteiger charge is -2.48. The average molecular weight is 203 g/mol. The van der Waals surface area contributed by atoms with Gasteiger partial charge in [-0.1, -0.05) is 6.58 Å². The number of likely N-dealkylation sites (N-methyl/N-ethyl adjacent to an activating group) is 2. The molecule has 0 spiro atoms. The van der Waals surface area contributed by atoms with Crippen LogP contribution in [0.2, 0.25) is 0 Å². The van der Waals surface area contributed by atoms with E-state index in [0.29, 0.717) is 0 Å². The van der Waals surface area contributed by atoms with Gasteiger partial charge in [-0.25, -0.2) is 0 Å². The fourth-order valence-electron chi connectivity index (χ4n) is 1.97. The van der Waals surface area contributed by atoms with Crippen molar-refractivity contribution in [1.82, 2.24) is 4.98 Å². The molecule has 3 nitrogen and oxygen atoms in total. The van der Waals surface area contributed by atoms with E-state index in [-0.39, 0.29) is 5.54 Å². The molecule has 0 unspecified atom stereocenters. The van der Waals surface area contributed by atoms with Crippen molar-refractivity contribution < 1.29 is 0 Å². The van der Waals surface area contributed by atoms with E-state index in [2.05, 4.69) is 42.3 Å². The fourth-order valence-corrected chi connectivity index (χ4v) is 1.97. The summed E-state index contributed by atoms with van der Waals surface area (Å²) in [5.74, 6) is 0. The van der Waals surface area contributed by atoms with Gasteiger partial charge < -0.3 is 9.80 Å². The van der Waals surface area contributed by atoms with Crippen LogP contribution in [0.15, 0.2) is 30.7 Å². The summed E-state index contributed by atoms with van der Waals surface area (Å²) in [4.78, 5) is 8.51. The Kier molecular flexibility index (Phi) is 2.00. The Balaban J connectivity index is 2.62. The van der Waals surface area contributed by atoms with E-state index in [1.54, 1.807) is 0 Å². The SMILES string of the molecule is C=C1N(C)c2cnccc2N(C)C1(C)C. The van der Waals surface area contributed by atoms with Crippen LogP contribution in [0, 0.1) is 0 Å². The van der Waals surface area contributed by atoms with Crippen LogP contribution >= 0.6 is 0 Å². The number of fused-ring (bicyclic) bond motifs is 1. The summed E-state index contributed by atoms with van der Waals surface area (Å²) >= 11 is 0. The molecule has 0 saturated heterocycles. The fraction of sp³-hybridized carbons (Fsp3) is 0.417. The first-order valence-corrected chi connectivity index (χ1v) is 5.07. The number of hydrogen-bond donors (Lipinski definition) is 0. The Labute approximate surface area is 91.0 Å². The van der Waals surface area contributed by atoms with E-state index in [1.165, 1.54) is 5.69 Å². The van der Waals surface area contributed by atoms with Gasteiger partial charge in [0.25, 0.3) is 0 Å². The van der Waals surface area contributed by atoms with Crippen molar-refractivity contribution in [2.24, 2.45) is 0 Å². The summed E-state index contributed by atoms with van der Waals surface area (Å²) in [5.41, 5.74) is 3.35. The summed E-state index contributed by atoms with van der Waals surface area (Å²) in [5, 5.41) is 0. The van der Waals surface area contributed by atoms with Gasteiger partial charge in [-0.2, -0.15) is 0 Å². The summed E-state index contributed by atoms with van der Waals surface area (Å²) in [6.07, 6.45) is 3.71. The van der Waals surface area contributed by atoms with Crippen molar-refractivity contribution >= 4 is 11.4 Å². The molecule has 1 aliphatic heterocycles. The third-order valence-corrected chi connectivity index (χ3v) is 3.45. The molecule has 0 radical (unpaired) electrons. The maximum absolute atomic E-state index is 4.16. The molecule has 0 saturated carbocycles. The maximum atomic E-state index is 4.16. The highest BCUT2D eigenvalue weighted by atomic mass is 15.3. The highest BCUT2D eigenvalue weighted by Crippen LogP contribution is 2.41. The number of hydrogen-bond acceptors (Lipinski definition) is 3. The van der Waals surface area contributed by atoms with E-state index in [9.17, 15) is 0 Å². The van der Waals surface area contributed by atoms with E-state index in [4.69, 9.17) is 0 Å². The van der Waals surface area contributed by atoms with Crippen molar-refractivity contribution in [3.63, 3.8) is 0 Å². The second-order valence-corrected chi connectivity index (χ2v) is 4.49. The minimum absolute atomic E-state index is 0.0525. The number of nitrogens with zero attached hydrogens (tertiary/aromatic N) is 3. The normalized spacial score (nSPS) is 19.1. The van der Waals surface area contributed by atoms with Crippen LogP contribution in [-0.2, 0) is 0 Å². The van der Waals surface area contributed by atoms with Crippen LogP contribution in [0.1, 0.15) is 13.8 Å². The number of rotatable bonds is 0. The van der Waals surface area contributed by atoms with Gasteiger partial charge in [0.05, 0.1) is 23.1 Å². The van der Waals surface area contributed by atoms with Gasteiger partial charge in [0, 0.05) is 26.0 Å². The Morgan fingerprint density at radius 2 is 1.93 bits per heavy atom. The molecule has 0 bridgehead atoms. The Hall–Kier alpha value is -1.51. The lowest BCUT2D eigenvalue weighted by Crippen LogP contribution is -2.51. The molecular weight excluding hydrogens is 186 g/mol. The van der Waals surface area contributed by atoms with Crippen LogP contribution in [0.25, 0.3) is 0 Å². The van der Waals surface area contributed by atoms with Gasteiger partial charge in [-0.05, 0) is 19.9 Å². The summed E-state index contributed by atoms with van der Waals surface area (Å²) in [6, 6.07) is 2.04. The van der Waals surface area contributed by atoms with Crippen molar-refractivity contribution in [3.05, 3.63) is 30.7 Å². The number of anilines is 2. The molecule has 0 atom stereocenters. The third-order valence-electron chi connectivity index (χ3n) is 3.45. The first-order valence-electron chi connectivity index (χ1n) is 5.07. The van der Waals surface area contributed by atoms with Gasteiger partial charge in [0.1, 0.15) is 0 Å². The number of pyridine rings is 1. The van der Waals surface area contributed by atoms with E-state index in [0.717, 1.165) is 11.4 Å². The molecule has 0 aromatic carbocycles. The van der Waals surface area contributed by atoms with E-state index < -0.39 is 0 Å². The molecule has 2 heterocycles. The molecule has 80 valence electrons. The van der Waals surface area contributed by atoms with Crippen LogP contribution in [0.5, 0.6) is 0 Å². The zero-order chi connectivity index (χ0) is 11.2. The molecule has 0 aliphatic carbocycles. The Bertz CT molecular complexity index is 409. The molecule has 1 aliphatic rings. The molecule has 3 heteroatoms. The quantitative estimate of drug-likeness (QED) is 0.644. The molecule has 1 aromatic heterocycles. The summed E-state index contributed by atoms with van der Waals surface area (Å²) < 4.78 is 0. The predicted molar refractivity (Wildman–Crippen MR) is 64.3 cm³/mol. The first-order chi connectivity index (χ1) is 6.96. The summed E-state index contributed by atoms with van der Waals surface area (Å²) in [6.45, 7) is 8.51. The average Bonchev–Trinajstić information content (AvgIpc) is 2.24. The zero-order valence-corrected chi connectivity index (χ0v) is 9.78. The van der Waals surface area contributed by atoms with Crippen LogP contribution in [-0.4, -0.2) is 24.6 Å². The predicted octanol–water partition coefficient (Wildman–Crippen LogP) is 2.26. The topological polar surface area (TPSA) is 19.4 Å². The second-order valence-electron chi connectivity index (χ2n) is 4.49. The van der Waals surface area contributed by atoms with Gasteiger partial charge in [-0.3, -0.25) is 4.98 Å². The molecular formula is C12H17N3. The Morgan fingerprint density at radius 3 is 2.60 bits per heavy atom.